The number of hydrogen-bond acceptors (Lipinski definition) is 0. The van der Waals surface area contributed by atoms with Crippen LogP contribution in [0.5, 0.6) is 0 Å². The lowest BCUT2D eigenvalue weighted by Crippen LogP contribution is -2.06. The van der Waals surface area contributed by atoms with Gasteiger partial charge in [0, 0.05) is 0 Å². The van der Waals surface area contributed by atoms with Crippen molar-refractivity contribution in [3.63, 3.8) is 0 Å². The fraction of sp³-hybridized carbons (Fsp3) is 0. The Hall–Kier alpha value is -2.86. The molecule has 0 radical (unpaired) electrons. The van der Waals surface area contributed by atoms with Crippen molar-refractivity contribution in [2.24, 2.45) is 0 Å². The highest BCUT2D eigenvalue weighted by Gasteiger charge is 2.24. The van der Waals surface area contributed by atoms with E-state index in [0.29, 0.717) is 0 Å². The second-order valence-corrected chi connectivity index (χ2v) is 5.84. The minimum atomic E-state index is 1.34. The van der Waals surface area contributed by atoms with Gasteiger partial charge in [0.05, 0.1) is 0 Å². The molecule has 0 atom stereocenters. The first kappa shape index (κ1) is 11.8. The Morgan fingerprint density at radius 2 is 0.727 bits per heavy atom. The second kappa shape index (κ2) is 4.32. The van der Waals surface area contributed by atoms with Gasteiger partial charge >= 0.3 is 0 Å². The van der Waals surface area contributed by atoms with Gasteiger partial charge in [-0.05, 0) is 56.7 Å². The van der Waals surface area contributed by atoms with Crippen molar-refractivity contribution in [1.82, 2.24) is 0 Å². The number of rotatable bonds is 2. The first-order valence-electron chi connectivity index (χ1n) is 7.64. The SMILES string of the molecule is C1=C(c2ccccc2C2=Cc3ccccc32)c2ccccc21. The van der Waals surface area contributed by atoms with Crippen molar-refractivity contribution < 1.29 is 0 Å². The molecule has 0 N–H and O–H groups in total. The van der Waals surface area contributed by atoms with Crippen LogP contribution in [-0.4, -0.2) is 0 Å². The molecule has 0 aromatic heterocycles. The van der Waals surface area contributed by atoms with Crippen LogP contribution in [0.4, 0.5) is 0 Å². The van der Waals surface area contributed by atoms with Gasteiger partial charge in [-0.25, -0.2) is 0 Å². The second-order valence-electron chi connectivity index (χ2n) is 5.84. The Kier molecular flexibility index (Phi) is 2.31. The van der Waals surface area contributed by atoms with E-state index in [2.05, 4.69) is 84.9 Å². The van der Waals surface area contributed by atoms with Crippen molar-refractivity contribution in [2.75, 3.05) is 0 Å². The molecule has 0 heterocycles. The Morgan fingerprint density at radius 3 is 1.14 bits per heavy atom. The summed E-state index contributed by atoms with van der Waals surface area (Å²) in [7, 11) is 0. The zero-order valence-electron chi connectivity index (χ0n) is 12.1. The molecule has 0 amide bonds. The van der Waals surface area contributed by atoms with E-state index in [0.717, 1.165) is 0 Å². The smallest absolute Gasteiger partial charge is 0.00930 e. The van der Waals surface area contributed by atoms with E-state index in [1.54, 1.807) is 0 Å². The Balaban J connectivity index is 1.63. The lowest BCUT2D eigenvalue weighted by Gasteiger charge is -2.26. The van der Waals surface area contributed by atoms with Gasteiger partial charge in [-0.3, -0.25) is 0 Å². The maximum atomic E-state index is 2.29. The van der Waals surface area contributed by atoms with Gasteiger partial charge < -0.3 is 0 Å². The largest absolute Gasteiger partial charge is 0.0616 e. The van der Waals surface area contributed by atoms with Crippen LogP contribution in [0.25, 0.3) is 23.3 Å². The molecule has 22 heavy (non-hydrogen) atoms. The fourth-order valence-corrected chi connectivity index (χ4v) is 3.45. The summed E-state index contributed by atoms with van der Waals surface area (Å²) in [5.41, 5.74) is 10.8. The van der Waals surface area contributed by atoms with Gasteiger partial charge in [0.25, 0.3) is 0 Å². The van der Waals surface area contributed by atoms with E-state index < -0.39 is 0 Å². The van der Waals surface area contributed by atoms with Crippen LogP contribution >= 0.6 is 0 Å². The third-order valence-corrected chi connectivity index (χ3v) is 4.61. The first-order chi connectivity index (χ1) is 10.9. The monoisotopic (exact) mass is 278 g/mol. The minimum Gasteiger partial charge on any atom is -0.0616 e. The number of fused-ring (bicyclic) bond motifs is 2. The summed E-state index contributed by atoms with van der Waals surface area (Å²) in [6.45, 7) is 0. The third-order valence-electron chi connectivity index (χ3n) is 4.61. The lowest BCUT2D eigenvalue weighted by atomic mass is 9.77. The minimum absolute atomic E-state index is 1.34. The molecule has 2 aliphatic carbocycles. The molecule has 0 heteroatoms. The quantitative estimate of drug-likeness (QED) is 0.400. The van der Waals surface area contributed by atoms with Gasteiger partial charge in [-0.2, -0.15) is 0 Å². The highest BCUT2D eigenvalue weighted by Crippen LogP contribution is 2.44. The van der Waals surface area contributed by atoms with Crippen LogP contribution in [0.1, 0.15) is 33.4 Å². The van der Waals surface area contributed by atoms with E-state index in [-0.39, 0.29) is 0 Å². The molecule has 3 aromatic rings. The molecular weight excluding hydrogens is 264 g/mol. The molecule has 3 aromatic carbocycles. The van der Waals surface area contributed by atoms with Crippen LogP contribution in [-0.2, 0) is 0 Å². The third kappa shape index (κ3) is 1.52. The topological polar surface area (TPSA) is 0 Å². The molecule has 0 bridgehead atoms. The molecule has 0 spiro atoms. The van der Waals surface area contributed by atoms with Gasteiger partial charge in [0.1, 0.15) is 0 Å². The van der Waals surface area contributed by atoms with Gasteiger partial charge in [-0.1, -0.05) is 72.8 Å². The van der Waals surface area contributed by atoms with Crippen molar-refractivity contribution in [3.05, 3.63) is 106 Å². The van der Waals surface area contributed by atoms with Crippen LogP contribution in [0, 0.1) is 0 Å². The molecule has 0 aliphatic heterocycles. The zero-order valence-corrected chi connectivity index (χ0v) is 12.1. The number of hydrogen-bond donors (Lipinski definition) is 0. The summed E-state index contributed by atoms with van der Waals surface area (Å²) in [5.74, 6) is 0. The molecule has 0 saturated carbocycles. The summed E-state index contributed by atoms with van der Waals surface area (Å²) >= 11 is 0. The average molecular weight is 278 g/mol. The molecule has 0 fully saturated rings. The molecule has 0 nitrogen and oxygen atoms in total. The molecular formula is C22H14. The van der Waals surface area contributed by atoms with E-state index in [1.807, 2.05) is 0 Å². The van der Waals surface area contributed by atoms with E-state index in [1.165, 1.54) is 44.5 Å². The van der Waals surface area contributed by atoms with Gasteiger partial charge in [0.15, 0.2) is 0 Å². The predicted octanol–water partition coefficient (Wildman–Crippen LogP) is 5.49. The van der Waals surface area contributed by atoms with Gasteiger partial charge in [0.2, 0.25) is 0 Å². The summed E-state index contributed by atoms with van der Waals surface area (Å²) in [5, 5.41) is 0. The Morgan fingerprint density at radius 1 is 0.364 bits per heavy atom. The van der Waals surface area contributed by atoms with Crippen LogP contribution < -0.4 is 0 Å². The van der Waals surface area contributed by atoms with Crippen LogP contribution in [0.2, 0.25) is 0 Å². The van der Waals surface area contributed by atoms with E-state index >= 15 is 0 Å². The summed E-state index contributed by atoms with van der Waals surface area (Å²) < 4.78 is 0. The molecule has 5 rings (SSSR count). The first-order valence-corrected chi connectivity index (χ1v) is 7.64. The van der Waals surface area contributed by atoms with E-state index in [9.17, 15) is 0 Å². The maximum Gasteiger partial charge on any atom is -0.00930 e. The average Bonchev–Trinajstić information content (AvgIpc) is 2.51. The lowest BCUT2D eigenvalue weighted by molar-refractivity contribution is 1.43. The van der Waals surface area contributed by atoms with E-state index in [4.69, 9.17) is 0 Å². The van der Waals surface area contributed by atoms with Crippen molar-refractivity contribution >= 4 is 23.3 Å². The summed E-state index contributed by atoms with van der Waals surface area (Å²) in [4.78, 5) is 0. The molecule has 0 saturated heterocycles. The van der Waals surface area contributed by atoms with Crippen molar-refractivity contribution in [3.8, 4) is 0 Å². The number of benzene rings is 3. The van der Waals surface area contributed by atoms with Crippen molar-refractivity contribution in [1.29, 1.82) is 0 Å². The Bertz CT molecular complexity index is 890. The van der Waals surface area contributed by atoms with Crippen molar-refractivity contribution in [2.45, 2.75) is 0 Å². The standard InChI is InChI=1S/C22H14/c1-3-9-17-15(7-1)13-21(17)19-11-5-6-12-20(19)22-14-16-8-2-4-10-18(16)22/h1-14H. The summed E-state index contributed by atoms with van der Waals surface area (Å²) in [6, 6.07) is 26.0. The summed E-state index contributed by atoms with van der Waals surface area (Å²) in [6.07, 6.45) is 4.58. The van der Waals surface area contributed by atoms with Crippen LogP contribution in [0.3, 0.4) is 0 Å². The predicted molar refractivity (Wildman–Crippen MR) is 93.3 cm³/mol. The fourth-order valence-electron chi connectivity index (χ4n) is 3.45. The highest BCUT2D eigenvalue weighted by molar-refractivity contribution is 6.10. The molecule has 102 valence electrons. The Labute approximate surface area is 130 Å². The molecule has 0 unspecified atom stereocenters. The maximum absolute atomic E-state index is 2.29. The van der Waals surface area contributed by atoms with Gasteiger partial charge in [-0.15, -0.1) is 0 Å². The highest BCUT2D eigenvalue weighted by atomic mass is 14.3. The zero-order chi connectivity index (χ0) is 14.5. The van der Waals surface area contributed by atoms with Crippen LogP contribution in [0.15, 0.2) is 72.8 Å². The normalized spacial score (nSPS) is 14.0. The molecule has 2 aliphatic rings.